The van der Waals surface area contributed by atoms with Gasteiger partial charge in [0.05, 0.1) is 13.2 Å². The Kier molecular flexibility index (Phi) is 9.62. The van der Waals surface area contributed by atoms with Crippen molar-refractivity contribution >= 4 is 24.1 Å². The normalized spacial score (nSPS) is 12.4. The summed E-state index contributed by atoms with van der Waals surface area (Å²) < 4.78 is 0. The van der Waals surface area contributed by atoms with Crippen LogP contribution < -0.4 is 9.78 Å². The van der Waals surface area contributed by atoms with Gasteiger partial charge in [-0.05, 0) is 74.7 Å². The van der Waals surface area contributed by atoms with E-state index in [0.717, 1.165) is 11.1 Å². The standard InChI is InChI=1S/C27H32O8/c1-7-32-34-20-11-9-19(10-12-20)27(5,6)23-13-14-24(35-33-8-2)22(16-18(4)26(30)31)21(23)15-17(3)25(28)29/h9-16H,7-8H2,1-6H3,(H,28,29)(H,30,31). The van der Waals surface area contributed by atoms with Gasteiger partial charge in [0.2, 0.25) is 0 Å². The second-order valence-electron chi connectivity index (χ2n) is 8.33. The van der Waals surface area contributed by atoms with Crippen molar-refractivity contribution in [2.24, 2.45) is 0 Å². The number of carbonyl (C=O) groups is 2. The molecule has 2 aromatic rings. The molecule has 0 bridgehead atoms. The van der Waals surface area contributed by atoms with Gasteiger partial charge >= 0.3 is 11.9 Å². The maximum atomic E-state index is 11.7. The van der Waals surface area contributed by atoms with Crippen LogP contribution in [0.2, 0.25) is 0 Å². The fourth-order valence-electron chi connectivity index (χ4n) is 3.43. The average molecular weight is 485 g/mol. The molecule has 188 valence electrons. The van der Waals surface area contributed by atoms with E-state index in [4.69, 9.17) is 19.6 Å². The second kappa shape index (κ2) is 12.2. The summed E-state index contributed by atoms with van der Waals surface area (Å²) in [6, 6.07) is 10.9. The molecule has 2 N–H and O–H groups in total. The molecule has 0 heterocycles. The van der Waals surface area contributed by atoms with Crippen molar-refractivity contribution in [1.29, 1.82) is 0 Å². The highest BCUT2D eigenvalue weighted by Crippen LogP contribution is 2.40. The van der Waals surface area contributed by atoms with E-state index in [1.807, 2.05) is 39.0 Å². The van der Waals surface area contributed by atoms with Crippen LogP contribution >= 0.6 is 0 Å². The van der Waals surface area contributed by atoms with E-state index < -0.39 is 17.4 Å². The highest BCUT2D eigenvalue weighted by Gasteiger charge is 2.28. The molecule has 0 saturated heterocycles. The lowest BCUT2D eigenvalue weighted by molar-refractivity contribution is -0.202. The predicted molar refractivity (Wildman–Crippen MR) is 132 cm³/mol. The largest absolute Gasteiger partial charge is 0.478 e. The molecule has 0 aliphatic heterocycles. The number of hydrogen-bond donors (Lipinski definition) is 2. The van der Waals surface area contributed by atoms with Gasteiger partial charge < -0.3 is 20.0 Å². The fraction of sp³-hybridized carbons (Fsp3) is 0.333. The Bertz CT molecular complexity index is 1110. The topological polar surface area (TPSA) is 112 Å². The van der Waals surface area contributed by atoms with Crippen molar-refractivity contribution in [3.05, 3.63) is 69.8 Å². The van der Waals surface area contributed by atoms with Crippen molar-refractivity contribution < 1.29 is 39.4 Å². The molecule has 0 amide bonds. The second-order valence-corrected chi connectivity index (χ2v) is 8.33. The van der Waals surface area contributed by atoms with Crippen LogP contribution in [0.3, 0.4) is 0 Å². The van der Waals surface area contributed by atoms with Gasteiger partial charge in [-0.15, -0.1) is 0 Å². The van der Waals surface area contributed by atoms with Crippen molar-refractivity contribution in [2.45, 2.75) is 47.0 Å². The molecule has 0 radical (unpaired) electrons. The van der Waals surface area contributed by atoms with E-state index in [9.17, 15) is 19.8 Å². The van der Waals surface area contributed by atoms with Gasteiger partial charge in [0.15, 0.2) is 11.5 Å². The van der Waals surface area contributed by atoms with Gasteiger partial charge in [0.25, 0.3) is 0 Å². The molecule has 2 aromatic carbocycles. The number of hydrogen-bond acceptors (Lipinski definition) is 6. The molecule has 35 heavy (non-hydrogen) atoms. The van der Waals surface area contributed by atoms with Crippen LogP contribution in [-0.4, -0.2) is 35.4 Å². The summed E-state index contributed by atoms with van der Waals surface area (Å²) in [7, 11) is 0. The van der Waals surface area contributed by atoms with Crippen LogP contribution in [0.4, 0.5) is 0 Å². The minimum Gasteiger partial charge on any atom is -0.478 e. The Labute approximate surface area is 205 Å². The van der Waals surface area contributed by atoms with E-state index in [1.165, 1.54) is 26.0 Å². The third kappa shape index (κ3) is 6.94. The molecule has 0 spiro atoms. The molecule has 8 heteroatoms. The summed E-state index contributed by atoms with van der Waals surface area (Å²) in [5, 5.41) is 19.1. The SMILES string of the molecule is CCOOc1ccc(C(C)(C)c2ccc(OOCC)c(C=C(C)C(=O)O)c2C=C(C)C(=O)O)cc1. The smallest absolute Gasteiger partial charge is 0.331 e. The van der Waals surface area contributed by atoms with E-state index in [-0.39, 0.29) is 23.5 Å². The highest BCUT2D eigenvalue weighted by atomic mass is 17.2. The molecular weight excluding hydrogens is 452 g/mol. The summed E-state index contributed by atoms with van der Waals surface area (Å²) in [4.78, 5) is 44.1. The van der Waals surface area contributed by atoms with Gasteiger partial charge in [0, 0.05) is 22.1 Å². The maximum absolute atomic E-state index is 11.7. The number of benzene rings is 2. The zero-order valence-corrected chi connectivity index (χ0v) is 20.9. The van der Waals surface area contributed by atoms with Gasteiger partial charge in [-0.3, -0.25) is 0 Å². The number of carboxylic acids is 2. The van der Waals surface area contributed by atoms with Gasteiger partial charge in [-0.2, -0.15) is 9.78 Å². The Hall–Kier alpha value is -3.62. The molecule has 0 aromatic heterocycles. The molecule has 0 aliphatic carbocycles. The lowest BCUT2D eigenvalue weighted by atomic mass is 9.74. The molecule has 8 nitrogen and oxygen atoms in total. The first-order valence-corrected chi connectivity index (χ1v) is 11.2. The Morgan fingerprint density at radius 3 is 1.83 bits per heavy atom. The third-order valence-corrected chi connectivity index (χ3v) is 5.43. The molecule has 0 unspecified atom stereocenters. The average Bonchev–Trinajstić information content (AvgIpc) is 2.82. The number of carboxylic acid groups (broad SMARTS) is 2. The Balaban J connectivity index is 2.80. The van der Waals surface area contributed by atoms with Crippen LogP contribution in [-0.2, 0) is 24.8 Å². The van der Waals surface area contributed by atoms with Gasteiger partial charge in [-0.1, -0.05) is 32.0 Å². The van der Waals surface area contributed by atoms with Crippen LogP contribution in [0, 0.1) is 0 Å². The zero-order chi connectivity index (χ0) is 26.2. The minimum atomic E-state index is -1.10. The van der Waals surface area contributed by atoms with Crippen molar-refractivity contribution in [3.8, 4) is 11.5 Å². The van der Waals surface area contributed by atoms with Crippen molar-refractivity contribution in [2.75, 3.05) is 13.2 Å². The van der Waals surface area contributed by atoms with E-state index >= 15 is 0 Å². The summed E-state index contributed by atoms with van der Waals surface area (Å²) in [5.74, 6) is -1.37. The molecule has 0 atom stereocenters. The Morgan fingerprint density at radius 1 is 0.800 bits per heavy atom. The lowest BCUT2D eigenvalue weighted by Crippen LogP contribution is -2.21. The summed E-state index contributed by atoms with van der Waals surface area (Å²) in [6.45, 7) is 11.2. The molecular formula is C27H32O8. The first-order chi connectivity index (χ1) is 16.5. The van der Waals surface area contributed by atoms with Gasteiger partial charge in [-0.25, -0.2) is 9.59 Å². The first kappa shape index (κ1) is 27.6. The highest BCUT2D eigenvalue weighted by molar-refractivity contribution is 5.96. The zero-order valence-electron chi connectivity index (χ0n) is 20.9. The van der Waals surface area contributed by atoms with Crippen LogP contribution in [0.1, 0.15) is 63.8 Å². The summed E-state index contributed by atoms with van der Waals surface area (Å²) in [6.07, 6.45) is 2.97. The van der Waals surface area contributed by atoms with E-state index in [2.05, 4.69) is 0 Å². The van der Waals surface area contributed by atoms with E-state index in [1.54, 1.807) is 25.1 Å². The monoisotopic (exact) mass is 484 g/mol. The third-order valence-electron chi connectivity index (χ3n) is 5.43. The maximum Gasteiger partial charge on any atom is 0.331 e. The number of aliphatic carboxylic acids is 2. The predicted octanol–water partition coefficient (Wildman–Crippen LogP) is 5.65. The van der Waals surface area contributed by atoms with Crippen LogP contribution in [0.25, 0.3) is 12.2 Å². The summed E-state index contributed by atoms with van der Waals surface area (Å²) >= 11 is 0. The minimum absolute atomic E-state index is 0.0568. The lowest BCUT2D eigenvalue weighted by Gasteiger charge is -2.29. The van der Waals surface area contributed by atoms with Gasteiger partial charge in [0.1, 0.15) is 0 Å². The number of rotatable bonds is 12. The molecule has 0 fully saturated rings. The summed E-state index contributed by atoms with van der Waals surface area (Å²) in [5.41, 5.74) is 2.14. The molecule has 0 aliphatic rings. The van der Waals surface area contributed by atoms with Crippen molar-refractivity contribution in [3.63, 3.8) is 0 Å². The fourth-order valence-corrected chi connectivity index (χ4v) is 3.43. The van der Waals surface area contributed by atoms with E-state index in [0.29, 0.717) is 23.5 Å². The van der Waals surface area contributed by atoms with Crippen molar-refractivity contribution in [1.82, 2.24) is 0 Å². The molecule has 2 rings (SSSR count). The van der Waals surface area contributed by atoms with Crippen LogP contribution in [0.5, 0.6) is 11.5 Å². The Morgan fingerprint density at radius 2 is 1.31 bits per heavy atom. The quantitative estimate of drug-likeness (QED) is 0.226. The van der Waals surface area contributed by atoms with Crippen LogP contribution in [0.15, 0.2) is 47.5 Å². The first-order valence-electron chi connectivity index (χ1n) is 11.2. The molecule has 0 saturated carbocycles.